The van der Waals surface area contributed by atoms with Crippen molar-refractivity contribution in [2.45, 2.75) is 11.8 Å². The minimum absolute atomic E-state index is 0.0293. The number of hydrogen-bond donors (Lipinski definition) is 1. The average Bonchev–Trinajstić information content (AvgIpc) is 2.95. The number of carbonyl (C=O) groups is 2. The van der Waals surface area contributed by atoms with Gasteiger partial charge >= 0.3 is 0 Å². The number of nitrogens with zero attached hydrogens (tertiary/aromatic N) is 2. The van der Waals surface area contributed by atoms with E-state index < -0.39 is 15.9 Å². The number of nitrogens with one attached hydrogen (secondary N) is 1. The minimum atomic E-state index is -3.64. The summed E-state index contributed by atoms with van der Waals surface area (Å²) in [6.07, 6.45) is 0. The van der Waals surface area contributed by atoms with Crippen molar-refractivity contribution in [1.82, 2.24) is 9.29 Å². The number of Topliss-reactive ketones (excluding diaryl/α,β-unsaturated/α-hetero) is 1. The maximum absolute atomic E-state index is 12.4. The van der Waals surface area contributed by atoms with E-state index in [9.17, 15) is 18.0 Å². The Hall–Kier alpha value is -1.37. The molecule has 0 aliphatic carbocycles. The van der Waals surface area contributed by atoms with E-state index >= 15 is 0 Å². The van der Waals surface area contributed by atoms with Crippen LogP contribution < -0.4 is 5.32 Å². The van der Waals surface area contributed by atoms with E-state index in [1.165, 1.54) is 33.2 Å². The van der Waals surface area contributed by atoms with Gasteiger partial charge in [0.15, 0.2) is 10.9 Å². The highest BCUT2D eigenvalue weighted by molar-refractivity contribution is 14.1. The van der Waals surface area contributed by atoms with Crippen molar-refractivity contribution in [3.05, 3.63) is 38.4 Å². The van der Waals surface area contributed by atoms with Crippen LogP contribution in [0.5, 0.6) is 0 Å². The van der Waals surface area contributed by atoms with E-state index in [4.69, 9.17) is 0 Å². The molecule has 1 aromatic carbocycles. The predicted molar refractivity (Wildman–Crippen MR) is 100 cm³/mol. The molecule has 0 bridgehead atoms. The third kappa shape index (κ3) is 3.99. The second-order valence-corrected chi connectivity index (χ2v) is 9.15. The molecule has 0 saturated heterocycles. The molecule has 0 aliphatic rings. The van der Waals surface area contributed by atoms with Crippen LogP contribution >= 0.6 is 33.9 Å². The minimum Gasteiger partial charge on any atom is -0.298 e. The highest BCUT2D eigenvalue weighted by Gasteiger charge is 2.21. The number of halogens is 1. The Bertz CT molecular complexity index is 906. The summed E-state index contributed by atoms with van der Waals surface area (Å²) in [6.45, 7) is 1.39. The average molecular weight is 479 g/mol. The Labute approximate surface area is 157 Å². The summed E-state index contributed by atoms with van der Waals surface area (Å²) in [6, 6.07) is 4.34. The van der Waals surface area contributed by atoms with Crippen molar-refractivity contribution in [1.29, 1.82) is 0 Å². The molecule has 0 saturated carbocycles. The second kappa shape index (κ2) is 7.25. The molecule has 24 heavy (non-hydrogen) atoms. The topological polar surface area (TPSA) is 96.4 Å². The Kier molecular flexibility index (Phi) is 5.73. The molecule has 0 fully saturated rings. The number of carbonyl (C=O) groups excluding carboxylic acids is 2. The zero-order valence-corrected chi connectivity index (χ0v) is 16.8. The molecule has 0 radical (unpaired) electrons. The number of amides is 1. The summed E-state index contributed by atoms with van der Waals surface area (Å²) >= 11 is 3.08. The largest absolute Gasteiger partial charge is 0.298 e. The monoisotopic (exact) mass is 479 g/mol. The fourth-order valence-corrected chi connectivity index (χ4v) is 3.96. The van der Waals surface area contributed by atoms with Gasteiger partial charge in [0.1, 0.15) is 5.69 Å². The van der Waals surface area contributed by atoms with Gasteiger partial charge in [-0.3, -0.25) is 14.9 Å². The number of sulfonamides is 1. The van der Waals surface area contributed by atoms with E-state index in [0.717, 1.165) is 15.6 Å². The van der Waals surface area contributed by atoms with Crippen LogP contribution in [0.3, 0.4) is 0 Å². The summed E-state index contributed by atoms with van der Waals surface area (Å²) in [7, 11) is -0.792. The normalized spacial score (nSPS) is 11.5. The molecular formula is C14H14IN3O4S2. The van der Waals surface area contributed by atoms with Crippen molar-refractivity contribution >= 4 is 60.8 Å². The number of aromatic nitrogens is 1. The first-order chi connectivity index (χ1) is 11.1. The van der Waals surface area contributed by atoms with E-state index in [0.29, 0.717) is 3.57 Å². The van der Waals surface area contributed by atoms with Gasteiger partial charge in [0.05, 0.1) is 10.5 Å². The molecule has 0 unspecified atom stereocenters. The zero-order chi connectivity index (χ0) is 18.1. The molecule has 0 atom stereocenters. The first-order valence-electron chi connectivity index (χ1n) is 6.63. The fraction of sp³-hybridized carbons (Fsp3) is 0.214. The molecule has 128 valence electrons. The van der Waals surface area contributed by atoms with Crippen LogP contribution in [0.15, 0.2) is 28.5 Å². The lowest BCUT2D eigenvalue weighted by atomic mass is 10.2. The van der Waals surface area contributed by atoms with E-state index in [1.54, 1.807) is 11.4 Å². The predicted octanol–water partition coefficient (Wildman–Crippen LogP) is 2.45. The SMILES string of the molecule is CC(=O)c1csc(NC(=O)c2cc(S(=O)(=O)N(C)C)ccc2I)n1. The van der Waals surface area contributed by atoms with Gasteiger partial charge in [-0.1, -0.05) is 0 Å². The van der Waals surface area contributed by atoms with Crippen molar-refractivity contribution in [2.24, 2.45) is 0 Å². The number of benzene rings is 1. The number of rotatable bonds is 5. The highest BCUT2D eigenvalue weighted by atomic mass is 127. The lowest BCUT2D eigenvalue weighted by molar-refractivity contribution is 0.100. The fourth-order valence-electron chi connectivity index (χ4n) is 1.71. The standard InChI is InChI=1S/C14H14IN3O4S2/c1-8(19)12-7-23-14(16-12)17-13(20)10-6-9(4-5-11(10)15)24(21,22)18(2)3/h4-7H,1-3H3,(H,16,17,20). The van der Waals surface area contributed by atoms with Gasteiger partial charge in [-0.15, -0.1) is 11.3 Å². The van der Waals surface area contributed by atoms with Gasteiger partial charge in [-0.05, 0) is 40.8 Å². The summed E-state index contributed by atoms with van der Waals surface area (Å²) in [5.74, 6) is -0.680. The highest BCUT2D eigenvalue weighted by Crippen LogP contribution is 2.22. The van der Waals surface area contributed by atoms with Crippen LogP contribution in [0.4, 0.5) is 5.13 Å². The Morgan fingerprint density at radius 1 is 1.29 bits per heavy atom. The van der Waals surface area contributed by atoms with Crippen LogP contribution in [0.25, 0.3) is 0 Å². The third-order valence-electron chi connectivity index (χ3n) is 3.05. The maximum Gasteiger partial charge on any atom is 0.258 e. The first kappa shape index (κ1) is 19.0. The summed E-state index contributed by atoms with van der Waals surface area (Å²) in [5.41, 5.74) is 0.493. The van der Waals surface area contributed by atoms with Gasteiger partial charge < -0.3 is 0 Å². The molecule has 2 aromatic rings. The third-order valence-corrected chi connectivity index (χ3v) is 6.56. The number of hydrogen-bond acceptors (Lipinski definition) is 6. The van der Waals surface area contributed by atoms with Crippen LogP contribution in [0.2, 0.25) is 0 Å². The lowest BCUT2D eigenvalue weighted by Gasteiger charge is -2.13. The van der Waals surface area contributed by atoms with Crippen LogP contribution in [0, 0.1) is 3.57 Å². The molecule has 0 spiro atoms. The summed E-state index contributed by atoms with van der Waals surface area (Å²) in [5, 5.41) is 4.42. The molecule has 1 N–H and O–H groups in total. The smallest absolute Gasteiger partial charge is 0.258 e. The van der Waals surface area contributed by atoms with E-state index in [-0.39, 0.29) is 27.1 Å². The van der Waals surface area contributed by atoms with Crippen molar-refractivity contribution in [2.75, 3.05) is 19.4 Å². The molecule has 1 aromatic heterocycles. The number of ketones is 1. The molecule has 1 heterocycles. The summed E-state index contributed by atoms with van der Waals surface area (Å²) in [4.78, 5) is 27.7. The van der Waals surface area contributed by atoms with Crippen LogP contribution in [0.1, 0.15) is 27.8 Å². The van der Waals surface area contributed by atoms with Gasteiger partial charge in [0.2, 0.25) is 10.0 Å². The molecule has 7 nitrogen and oxygen atoms in total. The van der Waals surface area contributed by atoms with Gasteiger partial charge in [-0.2, -0.15) is 0 Å². The van der Waals surface area contributed by atoms with Crippen LogP contribution in [-0.2, 0) is 10.0 Å². The zero-order valence-electron chi connectivity index (χ0n) is 13.0. The van der Waals surface area contributed by atoms with Gasteiger partial charge in [0, 0.05) is 30.0 Å². The maximum atomic E-state index is 12.4. The quantitative estimate of drug-likeness (QED) is 0.525. The molecule has 10 heteroatoms. The molecular weight excluding hydrogens is 465 g/mol. The van der Waals surface area contributed by atoms with Crippen LogP contribution in [-0.4, -0.2) is 43.5 Å². The first-order valence-corrected chi connectivity index (χ1v) is 10.0. The van der Waals surface area contributed by atoms with E-state index in [2.05, 4.69) is 10.3 Å². The molecule has 1 amide bonds. The van der Waals surface area contributed by atoms with Gasteiger partial charge in [0.25, 0.3) is 5.91 Å². The number of anilines is 1. The molecule has 2 rings (SSSR count). The lowest BCUT2D eigenvalue weighted by Crippen LogP contribution is -2.23. The summed E-state index contributed by atoms with van der Waals surface area (Å²) < 4.78 is 26.1. The van der Waals surface area contributed by atoms with Crippen molar-refractivity contribution in [3.63, 3.8) is 0 Å². The Balaban J connectivity index is 2.33. The van der Waals surface area contributed by atoms with Gasteiger partial charge in [-0.25, -0.2) is 17.7 Å². The number of thiazole rings is 1. The second-order valence-electron chi connectivity index (χ2n) is 4.98. The molecule has 0 aliphatic heterocycles. The Morgan fingerprint density at radius 2 is 1.96 bits per heavy atom. The van der Waals surface area contributed by atoms with E-state index in [1.807, 2.05) is 22.6 Å². The van der Waals surface area contributed by atoms with Crippen molar-refractivity contribution in [3.8, 4) is 0 Å². The Morgan fingerprint density at radius 3 is 2.50 bits per heavy atom. The van der Waals surface area contributed by atoms with Crippen molar-refractivity contribution < 1.29 is 18.0 Å².